The second-order valence-electron chi connectivity index (χ2n) is 9.11. The van der Waals surface area contributed by atoms with Gasteiger partial charge in [-0.2, -0.15) is 18.3 Å². The highest BCUT2D eigenvalue weighted by molar-refractivity contribution is 5.77. The van der Waals surface area contributed by atoms with Crippen molar-refractivity contribution in [2.24, 2.45) is 11.8 Å². The maximum atomic E-state index is 14.2. The molecule has 1 N–H and O–H groups in total. The summed E-state index contributed by atoms with van der Waals surface area (Å²) in [5.74, 6) is -5.44. The zero-order valence-corrected chi connectivity index (χ0v) is 18.5. The summed E-state index contributed by atoms with van der Waals surface area (Å²) in [5.41, 5.74) is -1.56. The normalized spacial score (nSPS) is 20.6. The Hall–Kier alpha value is -3.05. The molecule has 4 rings (SSSR count). The number of carbonyl (C=O) groups is 2. The molecule has 1 saturated carbocycles. The first-order valence-electron chi connectivity index (χ1n) is 11.2. The van der Waals surface area contributed by atoms with E-state index in [1.54, 1.807) is 0 Å². The van der Waals surface area contributed by atoms with Crippen LogP contribution in [-0.4, -0.2) is 38.2 Å². The van der Waals surface area contributed by atoms with Gasteiger partial charge in [0.2, 0.25) is 5.91 Å². The average molecular weight is 503 g/mol. The summed E-state index contributed by atoms with van der Waals surface area (Å²) in [4.78, 5) is 25.4. The van der Waals surface area contributed by atoms with Crippen molar-refractivity contribution in [3.05, 3.63) is 52.1 Å². The summed E-state index contributed by atoms with van der Waals surface area (Å²) in [6, 6.07) is 0.894. The van der Waals surface area contributed by atoms with Gasteiger partial charge < -0.3 is 10.0 Å². The first-order chi connectivity index (χ1) is 16.4. The predicted octanol–water partition coefficient (Wildman–Crippen LogP) is 4.53. The van der Waals surface area contributed by atoms with Crippen LogP contribution in [0, 0.1) is 29.3 Å². The molecule has 0 radical (unpaired) electrons. The van der Waals surface area contributed by atoms with Crippen LogP contribution in [0.1, 0.15) is 54.6 Å². The van der Waals surface area contributed by atoms with Crippen molar-refractivity contribution in [3.8, 4) is 0 Å². The number of hydrogen-bond acceptors (Lipinski definition) is 3. The minimum Gasteiger partial charge on any atom is -0.481 e. The monoisotopic (exact) mass is 503 g/mol. The van der Waals surface area contributed by atoms with E-state index in [1.807, 2.05) is 0 Å². The van der Waals surface area contributed by atoms with E-state index >= 15 is 0 Å². The van der Waals surface area contributed by atoms with E-state index < -0.39 is 47.8 Å². The zero-order chi connectivity index (χ0) is 25.5. The molecule has 1 aromatic carbocycles. The van der Waals surface area contributed by atoms with Gasteiger partial charge in [-0.1, -0.05) is 0 Å². The summed E-state index contributed by atoms with van der Waals surface area (Å²) < 4.78 is 82.7. The molecule has 35 heavy (non-hydrogen) atoms. The Morgan fingerprint density at radius 3 is 2.31 bits per heavy atom. The molecule has 0 spiro atoms. The molecule has 12 heteroatoms. The van der Waals surface area contributed by atoms with Gasteiger partial charge in [0.25, 0.3) is 0 Å². The number of carboxylic acids is 1. The number of fused-ring (bicyclic) bond motifs is 1. The quantitative estimate of drug-likeness (QED) is 0.481. The zero-order valence-electron chi connectivity index (χ0n) is 18.5. The van der Waals surface area contributed by atoms with Crippen LogP contribution in [0.2, 0.25) is 0 Å². The van der Waals surface area contributed by atoms with Crippen LogP contribution in [0.15, 0.2) is 12.1 Å². The van der Waals surface area contributed by atoms with E-state index in [0.29, 0.717) is 37.8 Å². The molecule has 0 atom stereocenters. The summed E-state index contributed by atoms with van der Waals surface area (Å²) in [6.07, 6.45) is -2.64. The highest BCUT2D eigenvalue weighted by Crippen LogP contribution is 2.36. The van der Waals surface area contributed by atoms with Gasteiger partial charge in [0, 0.05) is 30.2 Å². The minimum absolute atomic E-state index is 0.00794. The van der Waals surface area contributed by atoms with Gasteiger partial charge >= 0.3 is 12.1 Å². The Morgan fingerprint density at radius 2 is 1.69 bits per heavy atom. The van der Waals surface area contributed by atoms with E-state index in [0.717, 1.165) is 4.68 Å². The second-order valence-corrected chi connectivity index (χ2v) is 9.11. The van der Waals surface area contributed by atoms with Crippen molar-refractivity contribution in [1.82, 2.24) is 14.7 Å². The van der Waals surface area contributed by atoms with Crippen LogP contribution in [0.25, 0.3) is 0 Å². The van der Waals surface area contributed by atoms with E-state index in [4.69, 9.17) is 5.11 Å². The lowest BCUT2D eigenvalue weighted by Gasteiger charge is -2.31. The van der Waals surface area contributed by atoms with Gasteiger partial charge in [0.05, 0.1) is 24.7 Å². The second kappa shape index (κ2) is 9.54. The molecule has 2 aliphatic rings. The van der Waals surface area contributed by atoms with E-state index in [2.05, 4.69) is 5.10 Å². The molecule has 2 heterocycles. The smallest absolute Gasteiger partial charge is 0.435 e. The average Bonchev–Trinajstić information content (AvgIpc) is 3.16. The van der Waals surface area contributed by atoms with Gasteiger partial charge in [0.15, 0.2) is 17.3 Å². The first-order valence-corrected chi connectivity index (χ1v) is 11.2. The summed E-state index contributed by atoms with van der Waals surface area (Å²) in [6.45, 7) is -0.708. The lowest BCUT2D eigenvalue weighted by Crippen LogP contribution is -2.38. The largest absolute Gasteiger partial charge is 0.481 e. The molecule has 0 unspecified atom stereocenters. The minimum atomic E-state index is -4.78. The van der Waals surface area contributed by atoms with Crippen molar-refractivity contribution < 1.29 is 41.0 Å². The third-order valence-corrected chi connectivity index (χ3v) is 6.83. The summed E-state index contributed by atoms with van der Waals surface area (Å²) in [5, 5.41) is 12.7. The number of aromatic nitrogens is 2. The molecule has 1 aliphatic heterocycles. The van der Waals surface area contributed by atoms with Crippen LogP contribution in [-0.2, 0) is 35.3 Å². The number of rotatable bonds is 5. The Bertz CT molecular complexity index is 1140. The fourth-order valence-corrected chi connectivity index (χ4v) is 4.89. The van der Waals surface area contributed by atoms with E-state index in [9.17, 15) is 35.9 Å². The van der Waals surface area contributed by atoms with Crippen LogP contribution in [0.4, 0.5) is 26.3 Å². The number of carbonyl (C=O) groups excluding carboxylic acids is 1. The molecule has 190 valence electrons. The number of halogens is 6. The van der Waals surface area contributed by atoms with E-state index in [-0.39, 0.29) is 54.6 Å². The topological polar surface area (TPSA) is 75.4 Å². The number of hydrogen-bond donors (Lipinski definition) is 1. The fraction of sp³-hybridized carbons (Fsp3) is 0.522. The SMILES string of the molecule is O=C(C[C@H]1CC[C@H](C(=O)O)CC1)N1CCc2c(C(F)(F)F)nn(Cc3cc(F)c(F)cc3F)c2C1. The number of benzene rings is 1. The first kappa shape index (κ1) is 25.1. The van der Waals surface area contributed by atoms with Crippen LogP contribution in [0.5, 0.6) is 0 Å². The Labute approximate surface area is 196 Å². The lowest BCUT2D eigenvalue weighted by atomic mass is 9.80. The summed E-state index contributed by atoms with van der Waals surface area (Å²) in [7, 11) is 0. The fourth-order valence-electron chi connectivity index (χ4n) is 4.89. The molecule has 1 aromatic heterocycles. The van der Waals surface area contributed by atoms with Gasteiger partial charge in [0.1, 0.15) is 5.82 Å². The van der Waals surface area contributed by atoms with E-state index in [1.165, 1.54) is 4.90 Å². The number of aliphatic carboxylic acids is 1. The predicted molar refractivity (Wildman–Crippen MR) is 109 cm³/mol. The molecule has 1 amide bonds. The third-order valence-electron chi connectivity index (χ3n) is 6.83. The van der Waals surface area contributed by atoms with Crippen molar-refractivity contribution in [3.63, 3.8) is 0 Å². The molecular weight excluding hydrogens is 480 g/mol. The molecular formula is C23H23F6N3O3. The molecule has 1 fully saturated rings. The van der Waals surface area contributed by atoms with Crippen LogP contribution in [0.3, 0.4) is 0 Å². The Balaban J connectivity index is 1.54. The lowest BCUT2D eigenvalue weighted by molar-refractivity contribution is -0.143. The van der Waals surface area contributed by atoms with Crippen molar-refractivity contribution in [1.29, 1.82) is 0 Å². The molecule has 0 bridgehead atoms. The van der Waals surface area contributed by atoms with Gasteiger partial charge in [-0.05, 0) is 44.1 Å². The van der Waals surface area contributed by atoms with Gasteiger partial charge in [-0.25, -0.2) is 13.2 Å². The molecule has 1 aliphatic carbocycles. The number of carboxylic acid groups (broad SMARTS) is 1. The number of amides is 1. The molecule has 2 aromatic rings. The van der Waals surface area contributed by atoms with Gasteiger partial charge in [-0.15, -0.1) is 0 Å². The Kier molecular flexibility index (Phi) is 6.83. The Morgan fingerprint density at radius 1 is 1.03 bits per heavy atom. The molecule has 6 nitrogen and oxygen atoms in total. The van der Waals surface area contributed by atoms with Crippen molar-refractivity contribution in [2.75, 3.05) is 6.54 Å². The maximum Gasteiger partial charge on any atom is 0.435 e. The van der Waals surface area contributed by atoms with Gasteiger partial charge in [-0.3, -0.25) is 14.3 Å². The summed E-state index contributed by atoms with van der Waals surface area (Å²) >= 11 is 0. The third kappa shape index (κ3) is 5.30. The van der Waals surface area contributed by atoms with Crippen LogP contribution < -0.4 is 0 Å². The standard InChI is InChI=1S/C23H23F6N3O3/c24-16-9-18(26)17(25)8-14(16)10-32-19-11-31(6-5-15(19)21(30-32)23(27,28)29)20(33)7-12-1-3-13(4-2-12)22(34)35/h8-9,12-13H,1-7,10-11H2,(H,34,35)/t12-,13-. The highest BCUT2D eigenvalue weighted by atomic mass is 19.4. The van der Waals surface area contributed by atoms with Crippen molar-refractivity contribution >= 4 is 11.9 Å². The number of nitrogens with zero attached hydrogens (tertiary/aromatic N) is 3. The maximum absolute atomic E-state index is 14.2. The van der Waals surface area contributed by atoms with Crippen molar-refractivity contribution in [2.45, 2.75) is 57.8 Å². The molecule has 0 saturated heterocycles. The van der Waals surface area contributed by atoms with Crippen LogP contribution >= 0.6 is 0 Å². The highest BCUT2D eigenvalue weighted by Gasteiger charge is 2.41. The number of alkyl halides is 3.